The molecule has 2 bridgehead atoms. The molecule has 5 aliphatic rings. The molecule has 1 heteroatoms. The highest BCUT2D eigenvalue weighted by Gasteiger charge is 2.40. The minimum absolute atomic E-state index is 0.103. The SMILES string of the molecule is CC1(C)c2ccccc2-c2cc(-c3ccc(C4CCCCC4)cc3)c(N(c3ccc(-c4ccccc4C4CCCCC4)cc3)c3ccc(C4CC5CCC4C5)cc3)cc21. The van der Waals surface area contributed by atoms with Crippen molar-refractivity contribution in [2.75, 3.05) is 4.90 Å². The average molecular weight is 772 g/mol. The Kier molecular flexibility index (Phi) is 9.63. The van der Waals surface area contributed by atoms with Gasteiger partial charge in [0.05, 0.1) is 5.69 Å². The molecule has 0 aliphatic heterocycles. The third-order valence-corrected chi connectivity index (χ3v) is 16.0. The summed E-state index contributed by atoms with van der Waals surface area (Å²) in [5.41, 5.74) is 19.1. The van der Waals surface area contributed by atoms with E-state index in [0.717, 1.165) is 17.8 Å². The largest absolute Gasteiger partial charge is 0.310 e. The van der Waals surface area contributed by atoms with E-state index in [1.807, 2.05) is 0 Å². The van der Waals surface area contributed by atoms with E-state index < -0.39 is 0 Å². The van der Waals surface area contributed by atoms with Gasteiger partial charge in [-0.25, -0.2) is 0 Å². The van der Waals surface area contributed by atoms with Gasteiger partial charge >= 0.3 is 0 Å². The second kappa shape index (κ2) is 15.3. The zero-order chi connectivity index (χ0) is 39.5. The van der Waals surface area contributed by atoms with Gasteiger partial charge in [-0.1, -0.05) is 156 Å². The highest BCUT2D eigenvalue weighted by molar-refractivity contribution is 5.95. The quantitative estimate of drug-likeness (QED) is 0.149. The minimum atomic E-state index is -0.103. The van der Waals surface area contributed by atoms with Gasteiger partial charge in [-0.05, 0) is 167 Å². The van der Waals surface area contributed by atoms with Gasteiger partial charge in [0.25, 0.3) is 0 Å². The first-order valence-corrected chi connectivity index (χ1v) is 23.5. The molecule has 0 saturated heterocycles. The fraction of sp³-hybridized carbons (Fsp3) is 0.379. The number of fused-ring (bicyclic) bond motifs is 5. The Morgan fingerprint density at radius 3 is 1.73 bits per heavy atom. The smallest absolute Gasteiger partial charge is 0.0543 e. The molecule has 5 aliphatic carbocycles. The molecule has 0 amide bonds. The molecule has 11 rings (SSSR count). The molecule has 3 unspecified atom stereocenters. The molecule has 59 heavy (non-hydrogen) atoms. The predicted octanol–water partition coefficient (Wildman–Crippen LogP) is 16.8. The van der Waals surface area contributed by atoms with Gasteiger partial charge in [-0.2, -0.15) is 0 Å². The number of rotatable bonds is 8. The van der Waals surface area contributed by atoms with E-state index in [-0.39, 0.29) is 5.41 Å². The second-order valence-corrected chi connectivity index (χ2v) is 19.7. The van der Waals surface area contributed by atoms with Crippen LogP contribution in [0.4, 0.5) is 17.1 Å². The van der Waals surface area contributed by atoms with E-state index in [0.29, 0.717) is 11.8 Å². The van der Waals surface area contributed by atoms with Crippen LogP contribution in [0.1, 0.15) is 149 Å². The summed E-state index contributed by atoms with van der Waals surface area (Å²) in [6, 6.07) is 52.7. The van der Waals surface area contributed by atoms with Crippen LogP contribution in [-0.2, 0) is 5.41 Å². The Morgan fingerprint density at radius 1 is 0.458 bits per heavy atom. The molecule has 3 atom stereocenters. The Hall–Kier alpha value is -4.88. The average Bonchev–Trinajstić information content (AvgIpc) is 4.00. The molecule has 4 fully saturated rings. The fourth-order valence-corrected chi connectivity index (χ4v) is 12.8. The van der Waals surface area contributed by atoms with Gasteiger partial charge in [0, 0.05) is 22.4 Å². The Balaban J connectivity index is 1.06. The zero-order valence-corrected chi connectivity index (χ0v) is 35.4. The molecule has 1 nitrogen and oxygen atoms in total. The maximum absolute atomic E-state index is 2.59. The van der Waals surface area contributed by atoms with E-state index in [4.69, 9.17) is 0 Å². The van der Waals surface area contributed by atoms with Crippen molar-refractivity contribution in [1.82, 2.24) is 0 Å². The van der Waals surface area contributed by atoms with E-state index in [1.54, 1.807) is 5.56 Å². The van der Waals surface area contributed by atoms with Crippen molar-refractivity contribution in [2.24, 2.45) is 11.8 Å². The minimum Gasteiger partial charge on any atom is -0.310 e. The number of anilines is 3. The summed E-state index contributed by atoms with van der Waals surface area (Å²) in [4.78, 5) is 2.59. The molecular formula is C58H61N. The highest BCUT2D eigenvalue weighted by Crippen LogP contribution is 2.55. The van der Waals surface area contributed by atoms with E-state index in [2.05, 4.69) is 152 Å². The van der Waals surface area contributed by atoms with Crippen LogP contribution >= 0.6 is 0 Å². The molecular weight excluding hydrogens is 711 g/mol. The fourth-order valence-electron chi connectivity index (χ4n) is 12.8. The molecule has 6 aromatic rings. The van der Waals surface area contributed by atoms with Crippen LogP contribution in [0.5, 0.6) is 0 Å². The molecule has 0 heterocycles. The lowest BCUT2D eigenvalue weighted by Gasteiger charge is -2.31. The highest BCUT2D eigenvalue weighted by atomic mass is 15.1. The van der Waals surface area contributed by atoms with Gasteiger partial charge in [-0.3, -0.25) is 0 Å². The predicted molar refractivity (Wildman–Crippen MR) is 249 cm³/mol. The number of nitrogens with zero attached hydrogens (tertiary/aromatic N) is 1. The topological polar surface area (TPSA) is 3.24 Å². The Morgan fingerprint density at radius 2 is 1.05 bits per heavy atom. The summed E-state index contributed by atoms with van der Waals surface area (Å²) in [6.45, 7) is 4.85. The standard InChI is InChI=1S/C58H61N/c1-58(2)55-20-12-11-19-51(55)54-37-53(45-25-23-41(24-26-45)40-13-5-3-6-14-40)57(38-56(54)58)59(48-33-29-44(30-34-48)52-36-39-21-22-46(52)35-39)47-31-27-43(28-32-47)50-18-10-9-17-49(50)42-15-7-4-8-16-42/h9-12,17-20,23-34,37-40,42,46,52H,3-8,13-16,21-22,35-36H2,1-2H3. The zero-order valence-electron chi connectivity index (χ0n) is 35.4. The van der Waals surface area contributed by atoms with Crippen molar-refractivity contribution in [2.45, 2.75) is 127 Å². The van der Waals surface area contributed by atoms with Crippen molar-refractivity contribution < 1.29 is 0 Å². The van der Waals surface area contributed by atoms with Crippen LogP contribution in [0.2, 0.25) is 0 Å². The van der Waals surface area contributed by atoms with Crippen molar-refractivity contribution in [3.8, 4) is 33.4 Å². The summed E-state index contributed by atoms with van der Waals surface area (Å²) in [7, 11) is 0. The summed E-state index contributed by atoms with van der Waals surface area (Å²) in [5, 5.41) is 0. The molecule has 4 saturated carbocycles. The first-order valence-electron chi connectivity index (χ1n) is 23.5. The maximum atomic E-state index is 2.59. The monoisotopic (exact) mass is 771 g/mol. The molecule has 298 valence electrons. The lowest BCUT2D eigenvalue weighted by molar-refractivity contribution is 0.420. The third kappa shape index (κ3) is 6.68. The number of benzene rings is 6. The lowest BCUT2D eigenvalue weighted by Crippen LogP contribution is -2.17. The number of hydrogen-bond donors (Lipinski definition) is 0. The summed E-state index contributed by atoms with van der Waals surface area (Å²) in [6.07, 6.45) is 19.1. The van der Waals surface area contributed by atoms with Crippen LogP contribution in [-0.4, -0.2) is 0 Å². The number of hydrogen-bond acceptors (Lipinski definition) is 1. The van der Waals surface area contributed by atoms with E-state index in [1.165, 1.54) is 163 Å². The summed E-state index contributed by atoms with van der Waals surface area (Å²) in [5.74, 6) is 3.88. The van der Waals surface area contributed by atoms with E-state index in [9.17, 15) is 0 Å². The van der Waals surface area contributed by atoms with Crippen molar-refractivity contribution in [1.29, 1.82) is 0 Å². The van der Waals surface area contributed by atoms with Gasteiger partial charge < -0.3 is 4.90 Å². The third-order valence-electron chi connectivity index (χ3n) is 16.0. The molecule has 6 aromatic carbocycles. The van der Waals surface area contributed by atoms with Crippen LogP contribution in [0.15, 0.2) is 133 Å². The maximum Gasteiger partial charge on any atom is 0.0543 e. The van der Waals surface area contributed by atoms with E-state index >= 15 is 0 Å². The van der Waals surface area contributed by atoms with Crippen molar-refractivity contribution in [3.05, 3.63) is 161 Å². The normalized spacial score (nSPS) is 22.3. The first kappa shape index (κ1) is 37.1. The van der Waals surface area contributed by atoms with Crippen LogP contribution in [0.25, 0.3) is 33.4 Å². The van der Waals surface area contributed by atoms with Crippen LogP contribution < -0.4 is 4.90 Å². The van der Waals surface area contributed by atoms with Gasteiger partial charge in [0.2, 0.25) is 0 Å². The molecule has 0 aromatic heterocycles. The molecule has 0 spiro atoms. The Labute approximate surface area is 353 Å². The van der Waals surface area contributed by atoms with Crippen molar-refractivity contribution in [3.63, 3.8) is 0 Å². The van der Waals surface area contributed by atoms with Gasteiger partial charge in [0.15, 0.2) is 0 Å². The first-order chi connectivity index (χ1) is 29.0. The second-order valence-electron chi connectivity index (χ2n) is 19.7. The Bertz CT molecular complexity index is 2440. The van der Waals surface area contributed by atoms with Crippen LogP contribution in [0, 0.1) is 11.8 Å². The van der Waals surface area contributed by atoms with Gasteiger partial charge in [0.1, 0.15) is 0 Å². The van der Waals surface area contributed by atoms with Gasteiger partial charge in [-0.15, -0.1) is 0 Å². The summed E-state index contributed by atoms with van der Waals surface area (Å²) < 4.78 is 0. The van der Waals surface area contributed by atoms with Crippen molar-refractivity contribution >= 4 is 17.1 Å². The summed E-state index contributed by atoms with van der Waals surface area (Å²) >= 11 is 0. The molecule has 0 N–H and O–H groups in total. The van der Waals surface area contributed by atoms with Crippen LogP contribution in [0.3, 0.4) is 0 Å². The lowest BCUT2D eigenvalue weighted by atomic mass is 9.81. The molecule has 0 radical (unpaired) electrons.